The normalized spacial score (nSPS) is 16.0. The maximum atomic E-state index is 13.9. The van der Waals surface area contributed by atoms with Crippen molar-refractivity contribution in [1.29, 1.82) is 0 Å². The van der Waals surface area contributed by atoms with Crippen LogP contribution < -0.4 is 4.74 Å². The second-order valence-electron chi connectivity index (χ2n) is 12.4. The molecule has 290 valence electrons. The minimum absolute atomic E-state index is 0.0105. The predicted octanol–water partition coefficient (Wildman–Crippen LogP) is 11.1. The van der Waals surface area contributed by atoms with E-state index in [0.29, 0.717) is 18.6 Å². The van der Waals surface area contributed by atoms with Crippen molar-refractivity contribution < 1.29 is 75.8 Å². The Balaban J connectivity index is 2.67. The van der Waals surface area contributed by atoms with Crippen LogP contribution in [0, 0.1) is 5.92 Å². The maximum absolute atomic E-state index is 13.9. The summed E-state index contributed by atoms with van der Waals surface area (Å²) in [5.74, 6) is -36.9. The molecule has 18 heteroatoms. The first-order chi connectivity index (χ1) is 22.8. The Labute approximate surface area is 283 Å². The molecule has 0 aliphatic rings. The monoisotopic (exact) mass is 766 g/mol. The number of hydrogen-bond donors (Lipinski definition) is 0. The van der Waals surface area contributed by atoms with Gasteiger partial charge >= 0.3 is 35.8 Å². The summed E-state index contributed by atoms with van der Waals surface area (Å²) in [5, 5.41) is 0. The maximum Gasteiger partial charge on any atom is 0.460 e. The van der Waals surface area contributed by atoms with Gasteiger partial charge in [0.05, 0.1) is 25.4 Å². The third kappa shape index (κ3) is 10.6. The quantitative estimate of drug-likeness (QED) is 0.0366. The lowest BCUT2D eigenvalue weighted by molar-refractivity contribution is -0.440. The highest BCUT2D eigenvalue weighted by Crippen LogP contribution is 2.60. The van der Waals surface area contributed by atoms with Crippen molar-refractivity contribution in [1.82, 2.24) is 0 Å². The molecule has 0 saturated heterocycles. The van der Waals surface area contributed by atoms with E-state index in [4.69, 9.17) is 13.9 Å². The van der Waals surface area contributed by atoms with Crippen LogP contribution in [0.4, 0.5) is 57.1 Å². The summed E-state index contributed by atoms with van der Waals surface area (Å²) in [6.45, 7) is 9.75. The van der Waals surface area contributed by atoms with Crippen molar-refractivity contribution in [3.05, 3.63) is 42.0 Å². The molecule has 1 aromatic carbocycles. The van der Waals surface area contributed by atoms with Crippen molar-refractivity contribution in [3.8, 4) is 5.75 Å². The third-order valence-corrected chi connectivity index (χ3v) is 13.2. The van der Waals surface area contributed by atoms with Gasteiger partial charge in [-0.15, -0.1) is 0 Å². The molecule has 0 aliphatic carbocycles. The summed E-state index contributed by atoms with van der Waals surface area (Å²) in [4.78, 5) is 11.3. The Hall–Kier alpha value is -2.34. The zero-order valence-corrected chi connectivity index (χ0v) is 29.2. The molecule has 0 N–H and O–H groups in total. The van der Waals surface area contributed by atoms with Crippen LogP contribution >= 0.6 is 0 Å². The molecule has 4 nitrogen and oxygen atoms in total. The van der Waals surface area contributed by atoms with Gasteiger partial charge in [-0.25, -0.2) is 0 Å². The van der Waals surface area contributed by atoms with Crippen LogP contribution in [0.2, 0.25) is 18.1 Å². The molecule has 0 spiro atoms. The molecule has 0 aromatic heterocycles. The lowest BCUT2D eigenvalue weighted by atomic mass is 9.92. The zero-order chi connectivity index (χ0) is 38.9. The molecule has 0 unspecified atom stereocenters. The van der Waals surface area contributed by atoms with Crippen LogP contribution in [0.3, 0.4) is 0 Å². The van der Waals surface area contributed by atoms with Gasteiger partial charge in [0.1, 0.15) is 12.0 Å². The average molecular weight is 767 g/mol. The number of alkyl halides is 13. The molecule has 50 heavy (non-hydrogen) atoms. The van der Waals surface area contributed by atoms with Crippen molar-refractivity contribution in [3.63, 3.8) is 0 Å². The van der Waals surface area contributed by atoms with E-state index in [9.17, 15) is 61.9 Å². The van der Waals surface area contributed by atoms with Gasteiger partial charge in [0.15, 0.2) is 8.32 Å². The van der Waals surface area contributed by atoms with Crippen LogP contribution in [0.5, 0.6) is 5.75 Å². The molecule has 1 rings (SSSR count). The fraction of sp³-hybridized carbons (Fsp3) is 0.719. The largest absolute Gasteiger partial charge is 0.494 e. The van der Waals surface area contributed by atoms with E-state index in [1.54, 1.807) is 0 Å². The Morgan fingerprint density at radius 1 is 0.760 bits per heavy atom. The standard InChI is InChI=1S/C32H43F13O4Si/c1-6-50(7-2,8-3)49-26(5,18-19-46)16-9-11-23(4)21-47-22-24-12-14-25(15-13-24)48-20-10-17-27(33,34)28(35,36)29(37,38)30(39,40)31(41,42)32(43,44)45/h9,11-15,19,23H,6-8,10,16-18,20-22H2,1-5H3/t23-,26-/m0/s1. The Morgan fingerprint density at radius 2 is 1.28 bits per heavy atom. The summed E-state index contributed by atoms with van der Waals surface area (Å²) in [7, 11) is -1.96. The van der Waals surface area contributed by atoms with Crippen molar-refractivity contribution >= 4 is 14.6 Å². The van der Waals surface area contributed by atoms with E-state index < -0.39 is 69.2 Å². The van der Waals surface area contributed by atoms with Crippen molar-refractivity contribution in [2.45, 2.75) is 126 Å². The first-order valence-corrected chi connectivity index (χ1v) is 18.3. The van der Waals surface area contributed by atoms with Gasteiger partial charge in [-0.2, -0.15) is 57.1 Å². The van der Waals surface area contributed by atoms with Crippen molar-refractivity contribution in [2.75, 3.05) is 13.2 Å². The van der Waals surface area contributed by atoms with Crippen LogP contribution in [-0.2, 0) is 20.6 Å². The van der Waals surface area contributed by atoms with E-state index in [1.165, 1.54) is 24.3 Å². The van der Waals surface area contributed by atoms with E-state index in [2.05, 4.69) is 20.8 Å². The first-order valence-electron chi connectivity index (χ1n) is 15.8. The van der Waals surface area contributed by atoms with Gasteiger partial charge in [-0.3, -0.25) is 0 Å². The number of halogens is 13. The lowest BCUT2D eigenvalue weighted by Gasteiger charge is -2.39. The fourth-order valence-electron chi connectivity index (χ4n) is 4.93. The van der Waals surface area contributed by atoms with Crippen molar-refractivity contribution in [2.24, 2.45) is 5.92 Å². The molecule has 0 amide bonds. The molecular formula is C32H43F13O4Si. The molecule has 0 fully saturated rings. The van der Waals surface area contributed by atoms with Crippen LogP contribution in [0.15, 0.2) is 36.4 Å². The van der Waals surface area contributed by atoms with Gasteiger partial charge in [0.25, 0.3) is 0 Å². The SMILES string of the molecule is CC[Si](CC)(CC)O[C@](C)(CC=O)CC=C[C@H](C)COCc1ccc(OCCCC(F)(F)C(F)(F)C(F)(F)C(F)(F)C(F)(F)C(F)(F)F)cc1. The Kier molecular flexibility index (Phi) is 15.9. The van der Waals surface area contributed by atoms with Gasteiger partial charge in [-0.1, -0.05) is 52.0 Å². The molecule has 0 saturated carbocycles. The predicted molar refractivity (Wildman–Crippen MR) is 162 cm³/mol. The highest BCUT2D eigenvalue weighted by atomic mass is 28.4. The number of ether oxygens (including phenoxy) is 2. The summed E-state index contributed by atoms with van der Waals surface area (Å²) >= 11 is 0. The van der Waals surface area contributed by atoms with Crippen LogP contribution in [0.25, 0.3) is 0 Å². The van der Waals surface area contributed by atoms with E-state index in [1.807, 2.05) is 26.0 Å². The number of carbonyl (C=O) groups excluding carboxylic acids is 1. The minimum atomic E-state index is -7.91. The molecule has 2 atom stereocenters. The Bertz CT molecular complexity index is 1210. The number of rotatable bonds is 23. The summed E-state index contributed by atoms with van der Waals surface area (Å²) in [6.07, 6.45) is -5.41. The first kappa shape index (κ1) is 45.7. The number of benzene rings is 1. The average Bonchev–Trinajstić information content (AvgIpc) is 3.02. The number of hydrogen-bond acceptors (Lipinski definition) is 4. The van der Waals surface area contributed by atoms with Gasteiger partial charge in [-0.05, 0) is 61.5 Å². The minimum Gasteiger partial charge on any atom is -0.494 e. The summed E-state index contributed by atoms with van der Waals surface area (Å²) in [5.41, 5.74) is 0.0144. The van der Waals surface area contributed by atoms with Crippen LogP contribution in [0.1, 0.15) is 65.9 Å². The smallest absolute Gasteiger partial charge is 0.460 e. The Morgan fingerprint density at radius 3 is 1.76 bits per heavy atom. The van der Waals surface area contributed by atoms with E-state index in [-0.39, 0.29) is 24.7 Å². The molecule has 0 heterocycles. The lowest BCUT2D eigenvalue weighted by Crippen LogP contribution is -2.70. The third-order valence-electron chi connectivity index (χ3n) is 8.40. The molecule has 0 bridgehead atoms. The van der Waals surface area contributed by atoms with Gasteiger partial charge in [0, 0.05) is 12.8 Å². The molecular weight excluding hydrogens is 723 g/mol. The summed E-state index contributed by atoms with van der Waals surface area (Å²) in [6, 6.07) is 8.46. The molecule has 0 radical (unpaired) electrons. The summed E-state index contributed by atoms with van der Waals surface area (Å²) < 4.78 is 189. The second-order valence-corrected chi connectivity index (χ2v) is 17.1. The van der Waals surface area contributed by atoms with Gasteiger partial charge < -0.3 is 18.7 Å². The highest BCUT2D eigenvalue weighted by Gasteiger charge is 2.90. The number of aldehydes is 1. The van der Waals surface area contributed by atoms with E-state index >= 15 is 0 Å². The zero-order valence-electron chi connectivity index (χ0n) is 28.2. The van der Waals surface area contributed by atoms with E-state index in [0.717, 1.165) is 24.4 Å². The topological polar surface area (TPSA) is 44.8 Å². The fourth-order valence-corrected chi connectivity index (χ4v) is 8.07. The number of carbonyl (C=O) groups is 1. The van der Waals surface area contributed by atoms with Gasteiger partial charge in [0.2, 0.25) is 0 Å². The molecule has 0 aliphatic heterocycles. The molecule has 1 aromatic rings. The van der Waals surface area contributed by atoms with Crippen LogP contribution in [-0.4, -0.2) is 69.2 Å². The highest BCUT2D eigenvalue weighted by molar-refractivity contribution is 6.73. The second kappa shape index (κ2) is 17.4.